The number of carbonyl (C=O) groups is 1. The Morgan fingerprint density at radius 3 is 2.24 bits per heavy atom. The Bertz CT molecular complexity index is 640. The Balaban J connectivity index is 2.33. The molecule has 1 amide bonds. The number of rotatable bonds is 4. The lowest BCUT2D eigenvalue weighted by atomic mass is 10.0. The molecule has 2 rings (SSSR count). The highest BCUT2D eigenvalue weighted by Gasteiger charge is 2.12. The Hall–Kier alpha value is -2.29. The Morgan fingerprint density at radius 2 is 1.71 bits per heavy atom. The SMILES string of the molecule is CCc1cccc(CC)c1NC(=O)c1ccc(C)c(N)c1. The van der Waals surface area contributed by atoms with Crippen molar-refractivity contribution < 1.29 is 4.79 Å². The van der Waals surface area contributed by atoms with Gasteiger partial charge in [-0.25, -0.2) is 0 Å². The number of benzene rings is 2. The Morgan fingerprint density at radius 1 is 1.10 bits per heavy atom. The number of amides is 1. The molecule has 110 valence electrons. The number of hydrogen-bond acceptors (Lipinski definition) is 2. The van der Waals surface area contributed by atoms with Gasteiger partial charge in [0.15, 0.2) is 0 Å². The molecular weight excluding hydrogens is 260 g/mol. The summed E-state index contributed by atoms with van der Waals surface area (Å²) < 4.78 is 0. The number of nitrogens with two attached hydrogens (primary N) is 1. The molecule has 0 spiro atoms. The first-order valence-corrected chi connectivity index (χ1v) is 7.35. The molecule has 0 unspecified atom stereocenters. The molecule has 3 nitrogen and oxygen atoms in total. The molecule has 0 fully saturated rings. The van der Waals surface area contributed by atoms with E-state index in [1.54, 1.807) is 12.1 Å². The summed E-state index contributed by atoms with van der Waals surface area (Å²) >= 11 is 0. The first-order chi connectivity index (χ1) is 10.1. The number of nitrogen functional groups attached to an aromatic ring is 1. The van der Waals surface area contributed by atoms with Crippen molar-refractivity contribution in [3.8, 4) is 0 Å². The monoisotopic (exact) mass is 282 g/mol. The van der Waals surface area contributed by atoms with Gasteiger partial charge in [0.05, 0.1) is 0 Å². The van der Waals surface area contributed by atoms with Crippen LogP contribution in [-0.4, -0.2) is 5.91 Å². The van der Waals surface area contributed by atoms with Crippen molar-refractivity contribution in [3.63, 3.8) is 0 Å². The molecule has 0 aliphatic rings. The van der Waals surface area contributed by atoms with E-state index in [0.717, 1.165) is 35.2 Å². The third kappa shape index (κ3) is 3.24. The second-order valence-electron chi connectivity index (χ2n) is 5.18. The largest absolute Gasteiger partial charge is 0.398 e. The number of carbonyl (C=O) groups excluding carboxylic acids is 1. The van der Waals surface area contributed by atoms with Crippen LogP contribution < -0.4 is 11.1 Å². The van der Waals surface area contributed by atoms with E-state index in [0.29, 0.717) is 11.3 Å². The Kier molecular flexibility index (Phi) is 4.63. The fourth-order valence-corrected chi connectivity index (χ4v) is 2.37. The van der Waals surface area contributed by atoms with Gasteiger partial charge in [-0.05, 0) is 48.6 Å². The van der Waals surface area contributed by atoms with Crippen LogP contribution in [0.2, 0.25) is 0 Å². The van der Waals surface area contributed by atoms with E-state index in [2.05, 4.69) is 31.3 Å². The number of anilines is 2. The van der Waals surface area contributed by atoms with E-state index in [-0.39, 0.29) is 5.91 Å². The molecule has 0 saturated heterocycles. The van der Waals surface area contributed by atoms with Crippen molar-refractivity contribution in [2.45, 2.75) is 33.6 Å². The van der Waals surface area contributed by atoms with Crippen LogP contribution in [0.15, 0.2) is 36.4 Å². The van der Waals surface area contributed by atoms with E-state index in [4.69, 9.17) is 5.73 Å². The van der Waals surface area contributed by atoms with Crippen molar-refractivity contribution in [2.75, 3.05) is 11.1 Å². The lowest BCUT2D eigenvalue weighted by molar-refractivity contribution is 0.102. The highest BCUT2D eigenvalue weighted by molar-refractivity contribution is 6.05. The molecule has 21 heavy (non-hydrogen) atoms. The van der Waals surface area contributed by atoms with E-state index in [1.165, 1.54) is 0 Å². The second-order valence-corrected chi connectivity index (χ2v) is 5.18. The topological polar surface area (TPSA) is 55.1 Å². The summed E-state index contributed by atoms with van der Waals surface area (Å²) in [6.45, 7) is 6.11. The van der Waals surface area contributed by atoms with E-state index < -0.39 is 0 Å². The predicted octanol–water partition coefficient (Wildman–Crippen LogP) is 3.95. The van der Waals surface area contributed by atoms with E-state index in [1.807, 2.05) is 19.1 Å². The van der Waals surface area contributed by atoms with Crippen LogP contribution in [0.1, 0.15) is 40.9 Å². The number of aryl methyl sites for hydroxylation is 3. The van der Waals surface area contributed by atoms with Gasteiger partial charge in [0.1, 0.15) is 0 Å². The number of para-hydroxylation sites is 1. The fourth-order valence-electron chi connectivity index (χ4n) is 2.37. The van der Waals surface area contributed by atoms with Crippen LogP contribution in [0.4, 0.5) is 11.4 Å². The first-order valence-electron chi connectivity index (χ1n) is 7.35. The van der Waals surface area contributed by atoms with E-state index >= 15 is 0 Å². The highest BCUT2D eigenvalue weighted by atomic mass is 16.1. The van der Waals surface area contributed by atoms with Gasteiger partial charge in [-0.15, -0.1) is 0 Å². The molecule has 0 saturated carbocycles. The second kappa shape index (κ2) is 6.44. The number of nitrogens with one attached hydrogen (secondary N) is 1. The van der Waals surface area contributed by atoms with Crippen molar-refractivity contribution in [1.82, 2.24) is 0 Å². The van der Waals surface area contributed by atoms with Crippen LogP contribution in [0.3, 0.4) is 0 Å². The molecule has 3 N–H and O–H groups in total. The standard InChI is InChI=1S/C18H22N2O/c1-4-13-7-6-8-14(5-2)17(13)20-18(21)15-10-9-12(3)16(19)11-15/h6-11H,4-5,19H2,1-3H3,(H,20,21). The van der Waals surface area contributed by atoms with Crippen molar-refractivity contribution in [3.05, 3.63) is 58.7 Å². The zero-order chi connectivity index (χ0) is 15.4. The number of hydrogen-bond donors (Lipinski definition) is 2. The highest BCUT2D eigenvalue weighted by Crippen LogP contribution is 2.24. The molecule has 0 atom stereocenters. The zero-order valence-corrected chi connectivity index (χ0v) is 12.9. The van der Waals surface area contributed by atoms with Gasteiger partial charge in [0, 0.05) is 16.9 Å². The van der Waals surface area contributed by atoms with Gasteiger partial charge >= 0.3 is 0 Å². The lowest BCUT2D eigenvalue weighted by Crippen LogP contribution is -2.15. The average Bonchev–Trinajstić information content (AvgIpc) is 2.50. The molecule has 0 aliphatic heterocycles. The minimum atomic E-state index is -0.114. The Labute approximate surface area is 126 Å². The van der Waals surface area contributed by atoms with Gasteiger partial charge in [0.25, 0.3) is 5.91 Å². The molecule has 0 bridgehead atoms. The van der Waals surface area contributed by atoms with Crippen LogP contribution in [-0.2, 0) is 12.8 Å². The predicted molar refractivity (Wildman–Crippen MR) is 88.7 cm³/mol. The summed E-state index contributed by atoms with van der Waals surface area (Å²) in [7, 11) is 0. The van der Waals surface area contributed by atoms with Gasteiger partial charge < -0.3 is 11.1 Å². The van der Waals surface area contributed by atoms with Crippen molar-refractivity contribution in [2.24, 2.45) is 0 Å². The quantitative estimate of drug-likeness (QED) is 0.834. The maximum atomic E-state index is 12.4. The van der Waals surface area contributed by atoms with Crippen LogP contribution in [0.5, 0.6) is 0 Å². The molecule has 0 radical (unpaired) electrons. The van der Waals surface area contributed by atoms with Crippen molar-refractivity contribution in [1.29, 1.82) is 0 Å². The van der Waals surface area contributed by atoms with Gasteiger partial charge in [-0.1, -0.05) is 38.1 Å². The smallest absolute Gasteiger partial charge is 0.255 e. The molecule has 3 heteroatoms. The maximum absolute atomic E-state index is 12.4. The summed E-state index contributed by atoms with van der Waals surface area (Å²) in [6.07, 6.45) is 1.78. The first kappa shape index (κ1) is 15.1. The zero-order valence-electron chi connectivity index (χ0n) is 12.9. The van der Waals surface area contributed by atoms with Crippen LogP contribution in [0.25, 0.3) is 0 Å². The summed E-state index contributed by atoms with van der Waals surface area (Å²) in [5.41, 5.74) is 11.3. The van der Waals surface area contributed by atoms with Gasteiger partial charge in [-0.3, -0.25) is 4.79 Å². The van der Waals surface area contributed by atoms with Crippen molar-refractivity contribution >= 4 is 17.3 Å². The summed E-state index contributed by atoms with van der Waals surface area (Å²) in [4.78, 5) is 12.4. The summed E-state index contributed by atoms with van der Waals surface area (Å²) in [5, 5.41) is 3.05. The maximum Gasteiger partial charge on any atom is 0.255 e. The molecule has 0 aromatic heterocycles. The third-order valence-corrected chi connectivity index (χ3v) is 3.78. The normalized spacial score (nSPS) is 10.4. The fraction of sp³-hybridized carbons (Fsp3) is 0.278. The summed E-state index contributed by atoms with van der Waals surface area (Å²) in [5.74, 6) is -0.114. The molecule has 2 aromatic carbocycles. The van der Waals surface area contributed by atoms with E-state index in [9.17, 15) is 4.79 Å². The van der Waals surface area contributed by atoms with Crippen LogP contribution in [0, 0.1) is 6.92 Å². The lowest BCUT2D eigenvalue weighted by Gasteiger charge is -2.14. The van der Waals surface area contributed by atoms with Gasteiger partial charge in [0.2, 0.25) is 0 Å². The summed E-state index contributed by atoms with van der Waals surface area (Å²) in [6, 6.07) is 11.6. The molecule has 2 aromatic rings. The molecular formula is C18H22N2O. The van der Waals surface area contributed by atoms with Crippen LogP contribution >= 0.6 is 0 Å². The molecule has 0 aliphatic carbocycles. The third-order valence-electron chi connectivity index (χ3n) is 3.78. The molecule has 0 heterocycles. The van der Waals surface area contributed by atoms with Gasteiger partial charge in [-0.2, -0.15) is 0 Å². The average molecular weight is 282 g/mol. The minimum absolute atomic E-state index is 0.114. The minimum Gasteiger partial charge on any atom is -0.398 e.